The quantitative estimate of drug-likeness (QED) is 0.821. The van der Waals surface area contributed by atoms with Crippen molar-refractivity contribution in [3.8, 4) is 5.75 Å². The lowest BCUT2D eigenvalue weighted by atomic mass is 10.2. The molecular weight excluding hydrogens is 256 g/mol. The predicted molar refractivity (Wildman–Crippen MR) is 76.4 cm³/mol. The van der Waals surface area contributed by atoms with Crippen molar-refractivity contribution >= 4 is 11.6 Å². The molecule has 0 saturated carbocycles. The molecule has 5 heteroatoms. The molecule has 0 saturated heterocycles. The van der Waals surface area contributed by atoms with Gasteiger partial charge in [0.1, 0.15) is 17.3 Å². The first kappa shape index (κ1) is 14.0. The highest BCUT2D eigenvalue weighted by atomic mass is 16.5. The van der Waals surface area contributed by atoms with E-state index in [1.54, 1.807) is 24.3 Å². The van der Waals surface area contributed by atoms with Crippen LogP contribution in [0, 0.1) is 6.92 Å². The van der Waals surface area contributed by atoms with Crippen LogP contribution in [-0.2, 0) is 4.79 Å². The van der Waals surface area contributed by atoms with Crippen LogP contribution in [0.2, 0.25) is 0 Å². The van der Waals surface area contributed by atoms with Crippen molar-refractivity contribution in [1.29, 1.82) is 0 Å². The second kappa shape index (κ2) is 6.14. The Labute approximate surface area is 117 Å². The summed E-state index contributed by atoms with van der Waals surface area (Å²) in [6.45, 7) is 3.66. The minimum atomic E-state index is -0.214. The molecule has 1 atom stereocenters. The normalized spacial score (nSPS) is 11.9. The van der Waals surface area contributed by atoms with Crippen LogP contribution in [0.1, 0.15) is 24.5 Å². The number of benzene rings is 1. The van der Waals surface area contributed by atoms with Gasteiger partial charge in [0.05, 0.1) is 6.04 Å². The van der Waals surface area contributed by atoms with Gasteiger partial charge >= 0.3 is 0 Å². The molecule has 3 N–H and O–H groups in total. The van der Waals surface area contributed by atoms with Gasteiger partial charge in [-0.05, 0) is 38.1 Å². The van der Waals surface area contributed by atoms with Crippen LogP contribution in [0.3, 0.4) is 0 Å². The van der Waals surface area contributed by atoms with Gasteiger partial charge in [-0.3, -0.25) is 4.79 Å². The Bertz CT molecular complexity index is 592. The van der Waals surface area contributed by atoms with E-state index in [0.717, 1.165) is 11.5 Å². The van der Waals surface area contributed by atoms with Gasteiger partial charge in [0.2, 0.25) is 0 Å². The Kier molecular flexibility index (Phi) is 4.30. The van der Waals surface area contributed by atoms with E-state index >= 15 is 0 Å². The van der Waals surface area contributed by atoms with Crippen LogP contribution in [0.15, 0.2) is 40.8 Å². The first-order valence-corrected chi connectivity index (χ1v) is 6.38. The second-order valence-electron chi connectivity index (χ2n) is 4.60. The summed E-state index contributed by atoms with van der Waals surface area (Å²) in [5, 5.41) is 2.81. The Hall–Kier alpha value is -2.43. The van der Waals surface area contributed by atoms with Crippen molar-refractivity contribution in [2.45, 2.75) is 19.9 Å². The number of hydrogen-bond acceptors (Lipinski definition) is 4. The molecule has 1 unspecified atom stereocenters. The van der Waals surface area contributed by atoms with Crippen molar-refractivity contribution in [3.63, 3.8) is 0 Å². The number of nitrogens with one attached hydrogen (secondary N) is 1. The maximum absolute atomic E-state index is 11.8. The van der Waals surface area contributed by atoms with Gasteiger partial charge in [-0.25, -0.2) is 0 Å². The van der Waals surface area contributed by atoms with Crippen LogP contribution in [0.25, 0.3) is 0 Å². The summed E-state index contributed by atoms with van der Waals surface area (Å²) in [6, 6.07) is 10.5. The monoisotopic (exact) mass is 274 g/mol. The number of nitrogens with two attached hydrogens (primary N) is 1. The highest BCUT2D eigenvalue weighted by molar-refractivity contribution is 5.77. The van der Waals surface area contributed by atoms with E-state index < -0.39 is 0 Å². The number of furan rings is 1. The van der Waals surface area contributed by atoms with E-state index in [2.05, 4.69) is 5.32 Å². The molecule has 0 radical (unpaired) electrons. The number of aryl methyl sites for hydroxylation is 1. The van der Waals surface area contributed by atoms with Crippen molar-refractivity contribution in [2.24, 2.45) is 0 Å². The molecule has 0 fully saturated rings. The molecule has 0 spiro atoms. The maximum atomic E-state index is 11.8. The second-order valence-corrected chi connectivity index (χ2v) is 4.60. The van der Waals surface area contributed by atoms with Gasteiger partial charge in [-0.2, -0.15) is 0 Å². The number of carbonyl (C=O) groups excluding carboxylic acids is 1. The smallest absolute Gasteiger partial charge is 0.258 e. The van der Waals surface area contributed by atoms with Crippen molar-refractivity contribution in [3.05, 3.63) is 47.9 Å². The van der Waals surface area contributed by atoms with Gasteiger partial charge in [0.25, 0.3) is 5.91 Å². The fraction of sp³-hybridized carbons (Fsp3) is 0.267. The van der Waals surface area contributed by atoms with Crippen molar-refractivity contribution in [1.82, 2.24) is 5.32 Å². The molecule has 0 bridgehead atoms. The molecule has 0 aliphatic heterocycles. The summed E-state index contributed by atoms with van der Waals surface area (Å²) in [7, 11) is 0. The third-order valence-corrected chi connectivity index (χ3v) is 2.79. The van der Waals surface area contributed by atoms with Crippen molar-refractivity contribution < 1.29 is 13.9 Å². The molecule has 1 heterocycles. The number of hydrogen-bond donors (Lipinski definition) is 2. The van der Waals surface area contributed by atoms with Crippen LogP contribution in [-0.4, -0.2) is 12.5 Å². The first-order valence-electron chi connectivity index (χ1n) is 6.38. The lowest BCUT2D eigenvalue weighted by Crippen LogP contribution is -2.31. The lowest BCUT2D eigenvalue weighted by Gasteiger charge is -2.12. The Morgan fingerprint density at radius 2 is 2.20 bits per heavy atom. The molecule has 20 heavy (non-hydrogen) atoms. The largest absolute Gasteiger partial charge is 0.484 e. The minimum absolute atomic E-state index is 0.0620. The lowest BCUT2D eigenvalue weighted by molar-refractivity contribution is -0.123. The number of nitrogen functional groups attached to an aromatic ring is 1. The summed E-state index contributed by atoms with van der Waals surface area (Å²) in [5.74, 6) is 1.90. The summed E-state index contributed by atoms with van der Waals surface area (Å²) in [6.07, 6.45) is 0. The summed E-state index contributed by atoms with van der Waals surface area (Å²) < 4.78 is 10.8. The average Bonchev–Trinajstić information content (AvgIpc) is 2.83. The van der Waals surface area contributed by atoms with Gasteiger partial charge in [0.15, 0.2) is 6.61 Å². The zero-order valence-electron chi connectivity index (χ0n) is 11.6. The fourth-order valence-electron chi connectivity index (χ4n) is 1.79. The predicted octanol–water partition coefficient (Wildman–Crippen LogP) is 2.43. The van der Waals surface area contributed by atoms with E-state index in [0.29, 0.717) is 11.4 Å². The number of ether oxygens (including phenoxy) is 1. The van der Waals surface area contributed by atoms with Crippen LogP contribution >= 0.6 is 0 Å². The molecule has 5 nitrogen and oxygen atoms in total. The Morgan fingerprint density at radius 3 is 2.85 bits per heavy atom. The van der Waals surface area contributed by atoms with Gasteiger partial charge in [-0.15, -0.1) is 0 Å². The summed E-state index contributed by atoms with van der Waals surface area (Å²) in [5.41, 5.74) is 6.23. The summed E-state index contributed by atoms with van der Waals surface area (Å²) in [4.78, 5) is 11.8. The van der Waals surface area contributed by atoms with E-state index in [1.165, 1.54) is 0 Å². The number of rotatable bonds is 5. The standard InChI is InChI=1S/C15H18N2O3/c1-10-6-7-14(20-10)11(2)17-15(18)9-19-13-5-3-4-12(16)8-13/h3-8,11H,9,16H2,1-2H3,(H,17,18). The molecule has 1 aromatic heterocycles. The average molecular weight is 274 g/mol. The van der Waals surface area contributed by atoms with Crippen LogP contribution in [0.4, 0.5) is 5.69 Å². The zero-order chi connectivity index (χ0) is 14.5. The molecule has 2 aromatic rings. The molecule has 0 aliphatic rings. The third kappa shape index (κ3) is 3.78. The molecule has 2 rings (SSSR count). The molecule has 1 aromatic carbocycles. The van der Waals surface area contributed by atoms with Crippen LogP contribution in [0.5, 0.6) is 5.75 Å². The number of carbonyl (C=O) groups is 1. The molecule has 106 valence electrons. The van der Waals surface area contributed by atoms with E-state index in [1.807, 2.05) is 26.0 Å². The number of anilines is 1. The highest BCUT2D eigenvalue weighted by Gasteiger charge is 2.13. The maximum Gasteiger partial charge on any atom is 0.258 e. The Balaban J connectivity index is 1.83. The molecule has 0 aliphatic carbocycles. The first-order chi connectivity index (χ1) is 9.54. The SMILES string of the molecule is Cc1ccc(C(C)NC(=O)COc2cccc(N)c2)o1. The Morgan fingerprint density at radius 1 is 1.40 bits per heavy atom. The summed E-state index contributed by atoms with van der Waals surface area (Å²) >= 11 is 0. The highest BCUT2D eigenvalue weighted by Crippen LogP contribution is 2.16. The minimum Gasteiger partial charge on any atom is -0.484 e. The third-order valence-electron chi connectivity index (χ3n) is 2.79. The van der Waals surface area contributed by atoms with E-state index in [9.17, 15) is 4.79 Å². The van der Waals surface area contributed by atoms with Gasteiger partial charge < -0.3 is 20.2 Å². The molecular formula is C15H18N2O3. The van der Waals surface area contributed by atoms with Gasteiger partial charge in [-0.1, -0.05) is 6.07 Å². The number of amides is 1. The fourth-order valence-corrected chi connectivity index (χ4v) is 1.79. The van der Waals surface area contributed by atoms with Gasteiger partial charge in [0, 0.05) is 11.8 Å². The van der Waals surface area contributed by atoms with Crippen LogP contribution < -0.4 is 15.8 Å². The van der Waals surface area contributed by atoms with E-state index in [4.69, 9.17) is 14.9 Å². The topological polar surface area (TPSA) is 77.5 Å². The molecule has 1 amide bonds. The van der Waals surface area contributed by atoms with Crippen molar-refractivity contribution in [2.75, 3.05) is 12.3 Å². The van der Waals surface area contributed by atoms with E-state index in [-0.39, 0.29) is 18.6 Å². The zero-order valence-corrected chi connectivity index (χ0v) is 11.6.